The SMILES string of the molecule is c1ccc(N(c2ccc(-c3ccc(-c4cccc5ccccc45)cc3)cc2)c2cccc3oc4ccccc4c23)c(-c2ccc3c(c2)oc2ccccc23)c1. The molecule has 0 saturated heterocycles. The number of fused-ring (bicyclic) bond motifs is 7. The first-order chi connectivity index (χ1) is 27.3. The molecule has 55 heavy (non-hydrogen) atoms. The molecule has 258 valence electrons. The first-order valence-corrected chi connectivity index (χ1v) is 18.7. The topological polar surface area (TPSA) is 29.5 Å². The fourth-order valence-electron chi connectivity index (χ4n) is 8.28. The highest BCUT2D eigenvalue weighted by atomic mass is 16.3. The fourth-order valence-corrected chi connectivity index (χ4v) is 8.28. The average molecular weight is 704 g/mol. The van der Waals surface area contributed by atoms with Gasteiger partial charge in [-0.1, -0.05) is 146 Å². The number of hydrogen-bond acceptors (Lipinski definition) is 3. The second kappa shape index (κ2) is 12.6. The van der Waals surface area contributed by atoms with Crippen LogP contribution in [-0.2, 0) is 0 Å². The Morgan fingerprint density at radius 2 is 0.836 bits per heavy atom. The van der Waals surface area contributed by atoms with Gasteiger partial charge in [-0.15, -0.1) is 0 Å². The Bertz CT molecular complexity index is 3200. The molecule has 0 amide bonds. The molecule has 0 aliphatic rings. The van der Waals surface area contributed by atoms with E-state index in [0.29, 0.717) is 0 Å². The van der Waals surface area contributed by atoms with Gasteiger partial charge in [0.2, 0.25) is 0 Å². The van der Waals surface area contributed by atoms with Gasteiger partial charge in [0, 0.05) is 27.4 Å². The minimum atomic E-state index is 0.854. The van der Waals surface area contributed by atoms with Gasteiger partial charge in [0.05, 0.1) is 16.8 Å². The van der Waals surface area contributed by atoms with Crippen molar-refractivity contribution in [2.75, 3.05) is 4.90 Å². The van der Waals surface area contributed by atoms with Crippen LogP contribution >= 0.6 is 0 Å². The molecule has 11 rings (SSSR count). The van der Waals surface area contributed by atoms with E-state index in [1.807, 2.05) is 24.3 Å². The highest BCUT2D eigenvalue weighted by Crippen LogP contribution is 2.46. The Hall–Kier alpha value is -7.36. The van der Waals surface area contributed by atoms with Crippen LogP contribution in [0.5, 0.6) is 0 Å². The number of anilines is 3. The van der Waals surface area contributed by atoms with E-state index in [4.69, 9.17) is 8.83 Å². The van der Waals surface area contributed by atoms with Gasteiger partial charge in [-0.3, -0.25) is 0 Å². The Kier molecular flexibility index (Phi) is 7.17. The van der Waals surface area contributed by atoms with Crippen molar-refractivity contribution >= 4 is 71.7 Å². The minimum Gasteiger partial charge on any atom is -0.456 e. The normalized spacial score (nSPS) is 11.6. The highest BCUT2D eigenvalue weighted by molar-refractivity contribution is 6.14. The van der Waals surface area contributed by atoms with Crippen LogP contribution < -0.4 is 4.90 Å². The van der Waals surface area contributed by atoms with Crippen molar-refractivity contribution in [2.24, 2.45) is 0 Å². The number of furan rings is 2. The molecule has 0 aliphatic carbocycles. The molecule has 0 radical (unpaired) electrons. The first kappa shape index (κ1) is 31.2. The summed E-state index contributed by atoms with van der Waals surface area (Å²) >= 11 is 0. The predicted octanol–water partition coefficient (Wildman–Crippen LogP) is 15.1. The van der Waals surface area contributed by atoms with E-state index in [1.165, 1.54) is 27.5 Å². The van der Waals surface area contributed by atoms with E-state index >= 15 is 0 Å². The molecule has 0 aliphatic heterocycles. The Morgan fingerprint density at radius 3 is 1.67 bits per heavy atom. The van der Waals surface area contributed by atoms with Gasteiger partial charge in [-0.2, -0.15) is 0 Å². The molecule has 3 nitrogen and oxygen atoms in total. The average Bonchev–Trinajstić information content (AvgIpc) is 3.83. The molecule has 11 aromatic rings. The lowest BCUT2D eigenvalue weighted by atomic mass is 9.96. The molecule has 0 fully saturated rings. The molecule has 0 saturated carbocycles. The maximum atomic E-state index is 6.41. The maximum absolute atomic E-state index is 6.41. The highest BCUT2D eigenvalue weighted by Gasteiger charge is 2.22. The Morgan fingerprint density at radius 1 is 0.309 bits per heavy atom. The van der Waals surface area contributed by atoms with Crippen LogP contribution in [0.15, 0.2) is 209 Å². The molecule has 3 heteroatoms. The third kappa shape index (κ3) is 5.20. The molecule has 0 N–H and O–H groups in total. The van der Waals surface area contributed by atoms with Gasteiger partial charge < -0.3 is 13.7 Å². The van der Waals surface area contributed by atoms with Crippen LogP contribution in [-0.4, -0.2) is 0 Å². The zero-order valence-electron chi connectivity index (χ0n) is 29.8. The van der Waals surface area contributed by atoms with E-state index in [1.54, 1.807) is 0 Å². The number of para-hydroxylation sites is 3. The molecule has 2 aromatic heterocycles. The summed E-state index contributed by atoms with van der Waals surface area (Å²) in [5.41, 5.74) is 13.6. The van der Waals surface area contributed by atoms with E-state index in [2.05, 4.69) is 181 Å². The van der Waals surface area contributed by atoms with Crippen molar-refractivity contribution < 1.29 is 8.83 Å². The molecule has 2 heterocycles. The summed E-state index contributed by atoms with van der Waals surface area (Å²) in [6.45, 7) is 0. The number of hydrogen-bond donors (Lipinski definition) is 0. The summed E-state index contributed by atoms with van der Waals surface area (Å²) in [5, 5.41) is 6.92. The van der Waals surface area contributed by atoms with E-state index in [0.717, 1.165) is 77.6 Å². The smallest absolute Gasteiger partial charge is 0.137 e. The summed E-state index contributed by atoms with van der Waals surface area (Å²) in [4.78, 5) is 2.37. The molecule has 0 unspecified atom stereocenters. The van der Waals surface area contributed by atoms with Crippen molar-refractivity contribution in [1.29, 1.82) is 0 Å². The van der Waals surface area contributed by atoms with Gasteiger partial charge in [-0.05, 0) is 93.2 Å². The third-order valence-corrected chi connectivity index (χ3v) is 10.9. The van der Waals surface area contributed by atoms with Gasteiger partial charge >= 0.3 is 0 Å². The summed E-state index contributed by atoms with van der Waals surface area (Å²) < 4.78 is 12.8. The van der Waals surface area contributed by atoms with Crippen molar-refractivity contribution in [3.8, 4) is 33.4 Å². The van der Waals surface area contributed by atoms with Crippen molar-refractivity contribution in [3.63, 3.8) is 0 Å². The first-order valence-electron chi connectivity index (χ1n) is 18.7. The Balaban J connectivity index is 1.05. The molecular formula is C52H33NO2. The summed E-state index contributed by atoms with van der Waals surface area (Å²) in [6, 6.07) is 71.0. The number of nitrogens with zero attached hydrogens (tertiary/aromatic N) is 1. The van der Waals surface area contributed by atoms with Gasteiger partial charge in [0.1, 0.15) is 22.3 Å². The van der Waals surface area contributed by atoms with Crippen LogP contribution in [0.4, 0.5) is 17.1 Å². The minimum absolute atomic E-state index is 0.854. The van der Waals surface area contributed by atoms with E-state index < -0.39 is 0 Å². The standard InChI is InChI=1S/C52H33NO2/c1-2-13-40-36(11-1)12-9-17-41(40)37-25-23-34(24-26-37)35-27-30-39(31-28-35)53(47-19-10-22-50-52(47)45-16-5-8-21-49(45)54-50)46-18-6-3-14-42(46)38-29-32-44-43-15-4-7-20-48(43)55-51(44)33-38/h1-33H. The van der Waals surface area contributed by atoms with E-state index in [9.17, 15) is 0 Å². The van der Waals surface area contributed by atoms with Crippen molar-refractivity contribution in [1.82, 2.24) is 0 Å². The van der Waals surface area contributed by atoms with Crippen LogP contribution in [0, 0.1) is 0 Å². The van der Waals surface area contributed by atoms with Gasteiger partial charge in [0.25, 0.3) is 0 Å². The van der Waals surface area contributed by atoms with Gasteiger partial charge in [0.15, 0.2) is 0 Å². The molecule has 0 spiro atoms. The summed E-state index contributed by atoms with van der Waals surface area (Å²) in [5.74, 6) is 0. The van der Waals surface area contributed by atoms with Crippen molar-refractivity contribution in [3.05, 3.63) is 200 Å². The molecule has 0 atom stereocenters. The second-order valence-electron chi connectivity index (χ2n) is 14.1. The van der Waals surface area contributed by atoms with Crippen LogP contribution in [0.1, 0.15) is 0 Å². The second-order valence-corrected chi connectivity index (χ2v) is 14.1. The summed E-state index contributed by atoms with van der Waals surface area (Å²) in [6.07, 6.45) is 0. The van der Waals surface area contributed by atoms with Crippen LogP contribution in [0.2, 0.25) is 0 Å². The predicted molar refractivity (Wildman–Crippen MR) is 229 cm³/mol. The van der Waals surface area contributed by atoms with E-state index in [-0.39, 0.29) is 0 Å². The van der Waals surface area contributed by atoms with Crippen LogP contribution in [0.25, 0.3) is 88.0 Å². The molecule has 9 aromatic carbocycles. The quantitative estimate of drug-likeness (QED) is 0.173. The third-order valence-electron chi connectivity index (χ3n) is 10.9. The monoisotopic (exact) mass is 703 g/mol. The lowest BCUT2D eigenvalue weighted by Crippen LogP contribution is -2.11. The maximum Gasteiger partial charge on any atom is 0.137 e. The fraction of sp³-hybridized carbons (Fsp3) is 0. The largest absolute Gasteiger partial charge is 0.456 e. The lowest BCUT2D eigenvalue weighted by Gasteiger charge is -2.28. The molecular weight excluding hydrogens is 671 g/mol. The Labute approximate surface area is 317 Å². The lowest BCUT2D eigenvalue weighted by molar-refractivity contribution is 0.668. The van der Waals surface area contributed by atoms with Crippen molar-refractivity contribution in [2.45, 2.75) is 0 Å². The van der Waals surface area contributed by atoms with Crippen LogP contribution in [0.3, 0.4) is 0 Å². The van der Waals surface area contributed by atoms with Gasteiger partial charge in [-0.25, -0.2) is 0 Å². The zero-order valence-corrected chi connectivity index (χ0v) is 29.8. The number of benzene rings is 9. The number of rotatable bonds is 6. The molecule has 0 bridgehead atoms. The summed E-state index contributed by atoms with van der Waals surface area (Å²) in [7, 11) is 0. The zero-order chi connectivity index (χ0) is 36.3.